The van der Waals surface area contributed by atoms with E-state index in [2.05, 4.69) is 36.5 Å². The molecule has 0 aromatic carbocycles. The Labute approximate surface area is 89.7 Å². The number of thiazole rings is 1. The van der Waals surface area contributed by atoms with Crippen LogP contribution in [0.2, 0.25) is 0 Å². The fraction of sp³-hybridized carbons (Fsp3) is 0.700. The van der Waals surface area contributed by atoms with E-state index in [1.54, 1.807) is 11.3 Å². The monoisotopic (exact) mass is 213 g/mol. The minimum absolute atomic E-state index is 0.326. The van der Waals surface area contributed by atoms with Gasteiger partial charge in [-0.3, -0.25) is 0 Å². The van der Waals surface area contributed by atoms with Gasteiger partial charge in [-0.1, -0.05) is 20.8 Å². The molecule has 80 valence electrons. The fourth-order valence-corrected chi connectivity index (χ4v) is 1.76. The van der Waals surface area contributed by atoms with Gasteiger partial charge in [0.2, 0.25) is 0 Å². The van der Waals surface area contributed by atoms with Gasteiger partial charge in [-0.2, -0.15) is 0 Å². The van der Waals surface area contributed by atoms with Gasteiger partial charge in [0.1, 0.15) is 5.01 Å². The maximum absolute atomic E-state index is 5.49. The first-order valence-electron chi connectivity index (χ1n) is 4.85. The molecule has 0 aliphatic rings. The van der Waals surface area contributed by atoms with Gasteiger partial charge in [0.15, 0.2) is 0 Å². The molecule has 0 amide bonds. The van der Waals surface area contributed by atoms with Crippen molar-refractivity contribution in [1.29, 1.82) is 0 Å². The van der Waals surface area contributed by atoms with Gasteiger partial charge in [0, 0.05) is 25.0 Å². The first kappa shape index (κ1) is 11.6. The maximum atomic E-state index is 5.49. The Hall–Kier alpha value is -0.450. The number of hydrogen-bond donors (Lipinski definition) is 2. The molecule has 1 rings (SSSR count). The van der Waals surface area contributed by atoms with Crippen molar-refractivity contribution < 1.29 is 0 Å². The van der Waals surface area contributed by atoms with Gasteiger partial charge in [-0.05, 0) is 5.41 Å². The minimum Gasteiger partial charge on any atom is -0.325 e. The molecule has 3 N–H and O–H groups in total. The topological polar surface area (TPSA) is 50.9 Å². The molecule has 0 saturated carbocycles. The lowest BCUT2D eigenvalue weighted by atomic mass is 9.97. The molecule has 0 saturated heterocycles. The third-order valence-corrected chi connectivity index (χ3v) is 2.66. The Morgan fingerprint density at radius 1 is 1.50 bits per heavy atom. The summed E-state index contributed by atoms with van der Waals surface area (Å²) in [5.41, 5.74) is 6.91. The first-order chi connectivity index (χ1) is 6.51. The summed E-state index contributed by atoms with van der Waals surface area (Å²) in [6.07, 6.45) is 0. The molecule has 0 aliphatic carbocycles. The molecule has 0 unspecified atom stereocenters. The van der Waals surface area contributed by atoms with Crippen LogP contribution in [0.1, 0.15) is 31.5 Å². The number of nitrogens with two attached hydrogens (primary N) is 1. The van der Waals surface area contributed by atoms with Crippen LogP contribution in [0.15, 0.2) is 5.38 Å². The van der Waals surface area contributed by atoms with Crippen LogP contribution >= 0.6 is 11.3 Å². The van der Waals surface area contributed by atoms with Crippen LogP contribution in [0, 0.1) is 5.41 Å². The second-order valence-electron chi connectivity index (χ2n) is 4.60. The third-order valence-electron chi connectivity index (χ3n) is 1.74. The maximum Gasteiger partial charge on any atom is 0.106 e. The van der Waals surface area contributed by atoms with Crippen molar-refractivity contribution in [2.45, 2.75) is 33.9 Å². The van der Waals surface area contributed by atoms with E-state index in [9.17, 15) is 0 Å². The average Bonchev–Trinajstić information content (AvgIpc) is 2.50. The summed E-state index contributed by atoms with van der Waals surface area (Å²) in [6, 6.07) is 0. The number of aromatic nitrogens is 1. The molecule has 1 heterocycles. The van der Waals surface area contributed by atoms with Crippen LogP contribution < -0.4 is 11.1 Å². The zero-order valence-electron chi connectivity index (χ0n) is 9.13. The van der Waals surface area contributed by atoms with E-state index in [0.717, 1.165) is 23.8 Å². The highest BCUT2D eigenvalue weighted by atomic mass is 32.1. The van der Waals surface area contributed by atoms with Crippen LogP contribution in [0.4, 0.5) is 0 Å². The highest BCUT2D eigenvalue weighted by Gasteiger charge is 2.09. The zero-order chi connectivity index (χ0) is 10.6. The third kappa shape index (κ3) is 4.17. The summed E-state index contributed by atoms with van der Waals surface area (Å²) >= 11 is 1.63. The molecule has 0 bridgehead atoms. The molecule has 1 aromatic heterocycles. The van der Waals surface area contributed by atoms with E-state index >= 15 is 0 Å². The van der Waals surface area contributed by atoms with Crippen molar-refractivity contribution in [3.8, 4) is 0 Å². The summed E-state index contributed by atoms with van der Waals surface area (Å²) in [7, 11) is 0. The second-order valence-corrected chi connectivity index (χ2v) is 5.54. The van der Waals surface area contributed by atoms with E-state index in [1.807, 2.05) is 0 Å². The van der Waals surface area contributed by atoms with Crippen LogP contribution in [-0.4, -0.2) is 11.5 Å². The van der Waals surface area contributed by atoms with Gasteiger partial charge in [0.05, 0.1) is 5.69 Å². The Bertz CT molecular complexity index is 275. The molecule has 14 heavy (non-hydrogen) atoms. The molecule has 0 radical (unpaired) electrons. The molecular formula is C10H19N3S. The van der Waals surface area contributed by atoms with Crippen molar-refractivity contribution in [3.05, 3.63) is 16.1 Å². The van der Waals surface area contributed by atoms with E-state index < -0.39 is 0 Å². The largest absolute Gasteiger partial charge is 0.325 e. The highest BCUT2D eigenvalue weighted by molar-refractivity contribution is 7.09. The Kier molecular flexibility index (Phi) is 4.04. The van der Waals surface area contributed by atoms with Gasteiger partial charge < -0.3 is 11.1 Å². The number of nitrogens with one attached hydrogen (secondary N) is 1. The summed E-state index contributed by atoms with van der Waals surface area (Å²) < 4.78 is 0. The summed E-state index contributed by atoms with van der Waals surface area (Å²) in [4.78, 5) is 4.38. The Morgan fingerprint density at radius 3 is 2.71 bits per heavy atom. The average molecular weight is 213 g/mol. The van der Waals surface area contributed by atoms with Crippen molar-refractivity contribution in [2.24, 2.45) is 11.1 Å². The zero-order valence-corrected chi connectivity index (χ0v) is 9.95. The normalized spacial score (nSPS) is 12.0. The minimum atomic E-state index is 0.326. The first-order valence-corrected chi connectivity index (χ1v) is 5.73. The molecule has 0 atom stereocenters. The summed E-state index contributed by atoms with van der Waals surface area (Å²) in [6.45, 7) is 9.03. The van der Waals surface area contributed by atoms with Crippen LogP contribution in [0.5, 0.6) is 0 Å². The molecule has 0 fully saturated rings. The summed E-state index contributed by atoms with van der Waals surface area (Å²) in [5.74, 6) is 0. The predicted octanol–water partition coefficient (Wildman–Crippen LogP) is 1.74. The lowest BCUT2D eigenvalue weighted by molar-refractivity contribution is 0.378. The molecular weight excluding hydrogens is 194 g/mol. The Morgan fingerprint density at radius 2 is 2.21 bits per heavy atom. The van der Waals surface area contributed by atoms with Gasteiger partial charge in [0.25, 0.3) is 0 Å². The standard InChI is InChI=1S/C10H19N3S/c1-10(2,3)7-12-5-8-6-14-9(4-11)13-8/h6,12H,4-5,7,11H2,1-3H3. The molecule has 0 spiro atoms. The lowest BCUT2D eigenvalue weighted by Crippen LogP contribution is -2.26. The van der Waals surface area contributed by atoms with Crippen molar-refractivity contribution in [1.82, 2.24) is 10.3 Å². The fourth-order valence-electron chi connectivity index (χ4n) is 1.09. The second kappa shape index (κ2) is 4.87. The van der Waals surface area contributed by atoms with Crippen LogP contribution in [0.3, 0.4) is 0 Å². The van der Waals surface area contributed by atoms with E-state index in [0.29, 0.717) is 12.0 Å². The van der Waals surface area contributed by atoms with E-state index in [1.165, 1.54) is 0 Å². The smallest absolute Gasteiger partial charge is 0.106 e. The number of nitrogens with zero attached hydrogens (tertiary/aromatic N) is 1. The van der Waals surface area contributed by atoms with Gasteiger partial charge in [-0.25, -0.2) is 4.98 Å². The quantitative estimate of drug-likeness (QED) is 0.801. The van der Waals surface area contributed by atoms with E-state index in [-0.39, 0.29) is 0 Å². The molecule has 1 aromatic rings. The highest BCUT2D eigenvalue weighted by Crippen LogP contribution is 2.12. The van der Waals surface area contributed by atoms with Gasteiger partial charge >= 0.3 is 0 Å². The molecule has 0 aliphatic heterocycles. The van der Waals surface area contributed by atoms with E-state index in [4.69, 9.17) is 5.73 Å². The van der Waals surface area contributed by atoms with Crippen LogP contribution in [-0.2, 0) is 13.1 Å². The summed E-state index contributed by atoms with van der Waals surface area (Å²) in [5, 5.41) is 6.46. The Balaban J connectivity index is 2.31. The number of hydrogen-bond acceptors (Lipinski definition) is 4. The number of rotatable bonds is 4. The van der Waals surface area contributed by atoms with Crippen molar-refractivity contribution >= 4 is 11.3 Å². The van der Waals surface area contributed by atoms with Gasteiger partial charge in [-0.15, -0.1) is 11.3 Å². The lowest BCUT2D eigenvalue weighted by Gasteiger charge is -2.18. The molecule has 4 heteroatoms. The van der Waals surface area contributed by atoms with Crippen molar-refractivity contribution in [3.63, 3.8) is 0 Å². The predicted molar refractivity (Wildman–Crippen MR) is 61.2 cm³/mol. The molecule has 3 nitrogen and oxygen atoms in total. The van der Waals surface area contributed by atoms with Crippen molar-refractivity contribution in [2.75, 3.05) is 6.54 Å². The SMILES string of the molecule is CC(C)(C)CNCc1csc(CN)n1. The van der Waals surface area contributed by atoms with Crippen LogP contribution in [0.25, 0.3) is 0 Å².